The van der Waals surface area contributed by atoms with Gasteiger partial charge in [0.2, 0.25) is 5.91 Å². The van der Waals surface area contributed by atoms with Crippen molar-refractivity contribution in [1.29, 1.82) is 0 Å². The molecule has 0 atom stereocenters. The second kappa shape index (κ2) is 6.25. The first-order chi connectivity index (χ1) is 10.6. The van der Waals surface area contributed by atoms with E-state index in [1.807, 2.05) is 24.3 Å². The Morgan fingerprint density at radius 1 is 1.27 bits per heavy atom. The standard InChI is InChI=1S/C16H10ClFN2OS/c17-11-9-10(5-6-12(11)18)19-15(21)7-8-16-20-13-3-1-2-4-14(13)22-16/h1-9H,(H,19,21). The van der Waals surface area contributed by atoms with E-state index in [9.17, 15) is 9.18 Å². The van der Waals surface area contributed by atoms with Crippen LogP contribution in [0.4, 0.5) is 10.1 Å². The van der Waals surface area contributed by atoms with Crippen LogP contribution in [0.5, 0.6) is 0 Å². The maximum Gasteiger partial charge on any atom is 0.248 e. The minimum Gasteiger partial charge on any atom is -0.322 e. The third-order valence-electron chi connectivity index (χ3n) is 2.87. The Hall–Kier alpha value is -2.24. The number of amides is 1. The number of anilines is 1. The van der Waals surface area contributed by atoms with Crippen LogP contribution in [0.3, 0.4) is 0 Å². The molecule has 0 aliphatic carbocycles. The van der Waals surface area contributed by atoms with Gasteiger partial charge in [-0.3, -0.25) is 4.79 Å². The summed E-state index contributed by atoms with van der Waals surface area (Å²) in [7, 11) is 0. The van der Waals surface area contributed by atoms with Crippen LogP contribution in [0.15, 0.2) is 48.5 Å². The van der Waals surface area contributed by atoms with Crippen molar-refractivity contribution in [2.75, 3.05) is 5.32 Å². The number of carbonyl (C=O) groups is 1. The Morgan fingerprint density at radius 3 is 2.86 bits per heavy atom. The third-order valence-corrected chi connectivity index (χ3v) is 4.17. The molecule has 3 rings (SSSR count). The van der Waals surface area contributed by atoms with Gasteiger partial charge < -0.3 is 5.32 Å². The predicted molar refractivity (Wildman–Crippen MR) is 88.7 cm³/mol. The molecule has 3 aromatic rings. The summed E-state index contributed by atoms with van der Waals surface area (Å²) >= 11 is 7.16. The number of fused-ring (bicyclic) bond motifs is 1. The van der Waals surface area contributed by atoms with E-state index < -0.39 is 5.82 Å². The van der Waals surface area contributed by atoms with Crippen LogP contribution >= 0.6 is 22.9 Å². The van der Waals surface area contributed by atoms with Gasteiger partial charge in [-0.05, 0) is 36.4 Å². The van der Waals surface area contributed by atoms with Gasteiger partial charge in [-0.1, -0.05) is 23.7 Å². The van der Waals surface area contributed by atoms with E-state index in [-0.39, 0.29) is 10.9 Å². The number of halogens is 2. The number of para-hydroxylation sites is 1. The smallest absolute Gasteiger partial charge is 0.248 e. The number of benzene rings is 2. The van der Waals surface area contributed by atoms with Crippen LogP contribution in [0, 0.1) is 5.82 Å². The number of hydrogen-bond acceptors (Lipinski definition) is 3. The van der Waals surface area contributed by atoms with Crippen LogP contribution in [-0.4, -0.2) is 10.9 Å². The molecule has 0 saturated carbocycles. The summed E-state index contributed by atoms with van der Waals surface area (Å²) in [5.74, 6) is -0.855. The average molecular weight is 333 g/mol. The van der Waals surface area contributed by atoms with Crippen molar-refractivity contribution < 1.29 is 9.18 Å². The van der Waals surface area contributed by atoms with Gasteiger partial charge in [-0.15, -0.1) is 11.3 Å². The molecule has 0 aliphatic rings. The van der Waals surface area contributed by atoms with E-state index in [0.717, 1.165) is 15.2 Å². The average Bonchev–Trinajstić information content (AvgIpc) is 2.92. The molecule has 0 aliphatic heterocycles. The zero-order chi connectivity index (χ0) is 15.5. The summed E-state index contributed by atoms with van der Waals surface area (Å²) in [5, 5.41) is 3.32. The summed E-state index contributed by atoms with van der Waals surface area (Å²) in [6.07, 6.45) is 3.03. The number of rotatable bonds is 3. The number of nitrogens with one attached hydrogen (secondary N) is 1. The quantitative estimate of drug-likeness (QED) is 0.704. The van der Waals surface area contributed by atoms with Gasteiger partial charge in [0.25, 0.3) is 0 Å². The van der Waals surface area contributed by atoms with Crippen molar-refractivity contribution in [2.45, 2.75) is 0 Å². The van der Waals surface area contributed by atoms with E-state index in [1.54, 1.807) is 6.08 Å². The second-order valence-corrected chi connectivity index (χ2v) is 5.94. The van der Waals surface area contributed by atoms with Gasteiger partial charge in [0.1, 0.15) is 10.8 Å². The fourth-order valence-electron chi connectivity index (χ4n) is 1.87. The van der Waals surface area contributed by atoms with Crippen LogP contribution in [0.25, 0.3) is 16.3 Å². The zero-order valence-corrected chi connectivity index (χ0v) is 12.8. The molecule has 0 bridgehead atoms. The molecule has 3 nitrogen and oxygen atoms in total. The van der Waals surface area contributed by atoms with E-state index in [1.165, 1.54) is 35.6 Å². The van der Waals surface area contributed by atoms with E-state index >= 15 is 0 Å². The van der Waals surface area contributed by atoms with E-state index in [4.69, 9.17) is 11.6 Å². The molecule has 1 heterocycles. The number of hydrogen-bond donors (Lipinski definition) is 1. The highest BCUT2D eigenvalue weighted by Crippen LogP contribution is 2.22. The molecule has 0 radical (unpaired) electrons. The third kappa shape index (κ3) is 3.32. The summed E-state index contributed by atoms with van der Waals surface area (Å²) in [6, 6.07) is 11.8. The molecule has 6 heteroatoms. The van der Waals surface area contributed by atoms with Crippen molar-refractivity contribution >= 4 is 50.8 Å². The van der Waals surface area contributed by atoms with Crippen molar-refractivity contribution in [3.8, 4) is 0 Å². The molecule has 22 heavy (non-hydrogen) atoms. The lowest BCUT2D eigenvalue weighted by molar-refractivity contribution is -0.111. The number of nitrogens with zero attached hydrogens (tertiary/aromatic N) is 1. The van der Waals surface area contributed by atoms with Crippen molar-refractivity contribution in [1.82, 2.24) is 4.98 Å². The van der Waals surface area contributed by atoms with E-state index in [0.29, 0.717) is 5.69 Å². The van der Waals surface area contributed by atoms with Crippen molar-refractivity contribution in [3.05, 3.63) is 64.4 Å². The maximum atomic E-state index is 13.0. The fourth-order valence-corrected chi connectivity index (χ4v) is 2.92. The molecule has 0 unspecified atom stereocenters. The zero-order valence-electron chi connectivity index (χ0n) is 11.2. The molecule has 1 N–H and O–H groups in total. The molecule has 0 spiro atoms. The molecule has 0 saturated heterocycles. The Bertz CT molecular complexity index is 842. The Labute approximate surface area is 135 Å². The summed E-state index contributed by atoms with van der Waals surface area (Å²) in [5.41, 5.74) is 1.34. The first-order valence-corrected chi connectivity index (χ1v) is 7.61. The summed E-state index contributed by atoms with van der Waals surface area (Å²) in [6.45, 7) is 0. The largest absolute Gasteiger partial charge is 0.322 e. The number of carbonyl (C=O) groups excluding carboxylic acids is 1. The van der Waals surface area contributed by atoms with Crippen LogP contribution in [0.2, 0.25) is 5.02 Å². The van der Waals surface area contributed by atoms with Crippen LogP contribution in [0.1, 0.15) is 5.01 Å². The minimum absolute atomic E-state index is 0.0343. The number of aromatic nitrogens is 1. The normalized spacial score (nSPS) is 11.2. The lowest BCUT2D eigenvalue weighted by atomic mass is 10.3. The monoisotopic (exact) mass is 332 g/mol. The molecule has 1 amide bonds. The first-order valence-electron chi connectivity index (χ1n) is 6.41. The Balaban J connectivity index is 1.71. The SMILES string of the molecule is O=C(C=Cc1nc2ccccc2s1)Nc1ccc(F)c(Cl)c1. The molecule has 0 fully saturated rings. The molecular formula is C16H10ClFN2OS. The maximum absolute atomic E-state index is 13.0. The Kier molecular flexibility index (Phi) is 4.18. The lowest BCUT2D eigenvalue weighted by Gasteiger charge is -2.02. The molecule has 1 aromatic heterocycles. The summed E-state index contributed by atoms with van der Waals surface area (Å²) < 4.78 is 14.1. The fraction of sp³-hybridized carbons (Fsp3) is 0. The van der Waals surface area contributed by atoms with Crippen molar-refractivity contribution in [3.63, 3.8) is 0 Å². The number of thiazole rings is 1. The second-order valence-electron chi connectivity index (χ2n) is 4.47. The topological polar surface area (TPSA) is 42.0 Å². The highest BCUT2D eigenvalue weighted by atomic mass is 35.5. The highest BCUT2D eigenvalue weighted by Gasteiger charge is 2.04. The van der Waals surface area contributed by atoms with Gasteiger partial charge in [0, 0.05) is 11.8 Å². The van der Waals surface area contributed by atoms with Gasteiger partial charge in [-0.25, -0.2) is 9.37 Å². The van der Waals surface area contributed by atoms with E-state index in [2.05, 4.69) is 10.3 Å². The van der Waals surface area contributed by atoms with Gasteiger partial charge in [0.05, 0.1) is 15.2 Å². The van der Waals surface area contributed by atoms with Gasteiger partial charge in [-0.2, -0.15) is 0 Å². The lowest BCUT2D eigenvalue weighted by Crippen LogP contribution is -2.07. The molecule has 2 aromatic carbocycles. The van der Waals surface area contributed by atoms with Crippen LogP contribution in [-0.2, 0) is 4.79 Å². The molecule has 110 valence electrons. The Morgan fingerprint density at radius 2 is 2.09 bits per heavy atom. The predicted octanol–water partition coefficient (Wildman–Crippen LogP) is 4.74. The van der Waals surface area contributed by atoms with Crippen LogP contribution < -0.4 is 5.32 Å². The minimum atomic E-state index is -0.523. The van der Waals surface area contributed by atoms with Gasteiger partial charge >= 0.3 is 0 Å². The summed E-state index contributed by atoms with van der Waals surface area (Å²) in [4.78, 5) is 16.2. The van der Waals surface area contributed by atoms with Gasteiger partial charge in [0.15, 0.2) is 0 Å². The first kappa shape index (κ1) is 14.7. The van der Waals surface area contributed by atoms with Crippen molar-refractivity contribution in [2.24, 2.45) is 0 Å². The highest BCUT2D eigenvalue weighted by molar-refractivity contribution is 7.19. The molecular weight excluding hydrogens is 323 g/mol.